The number of aromatic nitrogens is 3. The van der Waals surface area contributed by atoms with Crippen LogP contribution in [0.2, 0.25) is 0 Å². The normalized spacial score (nSPS) is 11.0. The Morgan fingerprint density at radius 1 is 1.28 bits per heavy atom. The molecule has 168 valence electrons. The van der Waals surface area contributed by atoms with Gasteiger partial charge in [-0.3, -0.25) is 4.79 Å². The zero-order valence-corrected chi connectivity index (χ0v) is 20.1. The number of carbonyl (C=O) groups excluding carboxylic acids is 1. The zero-order valence-electron chi connectivity index (χ0n) is 17.7. The van der Waals surface area contributed by atoms with E-state index in [4.69, 9.17) is 9.47 Å². The van der Waals surface area contributed by atoms with Gasteiger partial charge in [-0.1, -0.05) is 27.7 Å². The minimum absolute atomic E-state index is 0.107. The number of aromatic amines is 1. The molecule has 0 aliphatic carbocycles. The number of ether oxygens (including phenoxy) is 2. The Hall–Kier alpha value is -3.05. The Morgan fingerprint density at radius 3 is 2.78 bits per heavy atom. The van der Waals surface area contributed by atoms with Gasteiger partial charge in [-0.15, -0.1) is 5.10 Å². The fourth-order valence-electron chi connectivity index (χ4n) is 2.88. The van der Waals surface area contributed by atoms with Gasteiger partial charge in [0.05, 0.1) is 43.4 Å². The summed E-state index contributed by atoms with van der Waals surface area (Å²) in [4.78, 5) is 12.2. The Balaban J connectivity index is 1.66. The molecule has 3 rings (SSSR count). The minimum atomic E-state index is -0.313. The molecule has 0 saturated heterocycles. The fraction of sp³-hybridized carbons (Fsp3) is 0.238. The summed E-state index contributed by atoms with van der Waals surface area (Å²) in [6, 6.07) is 10.3. The molecule has 0 saturated carbocycles. The number of hydrazone groups is 1. The molecule has 1 aromatic heterocycles. The maximum atomic E-state index is 12.2. The molecule has 9 nitrogen and oxygen atoms in total. The topological polar surface area (TPSA) is 116 Å². The lowest BCUT2D eigenvalue weighted by Gasteiger charge is -2.09. The van der Waals surface area contributed by atoms with Gasteiger partial charge in [0.1, 0.15) is 0 Å². The van der Waals surface area contributed by atoms with E-state index in [0.29, 0.717) is 28.8 Å². The highest BCUT2D eigenvalue weighted by atomic mass is 79.9. The SMILES string of the molecule is CC[n+]1c(SCC(=O)N/N=C/c2cc(Br)ccc2[O-])n[nH]c1-c1ccc(OC)c(OC)c1. The predicted molar refractivity (Wildman–Crippen MR) is 123 cm³/mol. The Bertz CT molecular complexity index is 1140. The summed E-state index contributed by atoms with van der Waals surface area (Å²) in [5.41, 5.74) is 3.68. The number of methoxy groups -OCH3 is 2. The third-order valence-corrected chi connectivity index (χ3v) is 5.90. The summed E-state index contributed by atoms with van der Waals surface area (Å²) in [5, 5.41) is 23.7. The Kier molecular flexibility index (Phi) is 8.12. The van der Waals surface area contributed by atoms with Gasteiger partial charge in [0.2, 0.25) is 0 Å². The molecular formula is C21H22BrN5O4S. The fourth-order valence-corrected chi connectivity index (χ4v) is 4.07. The van der Waals surface area contributed by atoms with Gasteiger partial charge in [-0.05, 0) is 54.6 Å². The number of nitrogens with zero attached hydrogens (tertiary/aromatic N) is 3. The van der Waals surface area contributed by atoms with Gasteiger partial charge >= 0.3 is 5.16 Å². The second-order valence-corrected chi connectivity index (χ2v) is 8.29. The van der Waals surface area contributed by atoms with Crippen molar-refractivity contribution in [1.82, 2.24) is 15.6 Å². The molecule has 0 fully saturated rings. The van der Waals surface area contributed by atoms with E-state index >= 15 is 0 Å². The van der Waals surface area contributed by atoms with Crippen molar-refractivity contribution in [2.24, 2.45) is 5.10 Å². The zero-order chi connectivity index (χ0) is 23.1. The number of halogens is 1. The van der Waals surface area contributed by atoms with E-state index in [1.165, 1.54) is 24.0 Å². The van der Waals surface area contributed by atoms with Crippen LogP contribution >= 0.6 is 27.7 Å². The average molecular weight is 520 g/mol. The third kappa shape index (κ3) is 5.60. The van der Waals surface area contributed by atoms with Crippen LogP contribution in [0, 0.1) is 0 Å². The maximum Gasteiger partial charge on any atom is 0.337 e. The lowest BCUT2D eigenvalue weighted by molar-refractivity contribution is -0.719. The molecule has 0 spiro atoms. The summed E-state index contributed by atoms with van der Waals surface area (Å²) in [7, 11) is 3.17. The molecule has 2 aromatic carbocycles. The van der Waals surface area contributed by atoms with E-state index < -0.39 is 0 Å². The number of H-pyrrole nitrogens is 1. The van der Waals surface area contributed by atoms with Crippen LogP contribution in [-0.4, -0.2) is 42.3 Å². The number of hydrogen-bond acceptors (Lipinski definition) is 7. The first-order valence-electron chi connectivity index (χ1n) is 9.58. The van der Waals surface area contributed by atoms with Gasteiger partial charge in [0.25, 0.3) is 11.7 Å². The number of benzene rings is 2. The standard InChI is InChI=1S/C21H22BrN5O4S/c1-4-27-20(13-5-8-17(30-2)18(10-13)31-3)25-26-21(27)32-12-19(29)24-23-11-14-9-15(22)6-7-16(14)28/h5-11H,4,12H2,1-3H3,(H2,23,24,28,29). The quantitative estimate of drug-likeness (QED) is 0.194. The highest BCUT2D eigenvalue weighted by molar-refractivity contribution is 9.10. The van der Waals surface area contributed by atoms with E-state index in [2.05, 4.69) is 36.7 Å². The summed E-state index contributed by atoms with van der Waals surface area (Å²) >= 11 is 4.57. The van der Waals surface area contributed by atoms with Crippen molar-refractivity contribution in [1.29, 1.82) is 0 Å². The molecule has 32 heavy (non-hydrogen) atoms. The molecule has 3 aromatic rings. The van der Waals surface area contributed by atoms with Crippen LogP contribution in [0.25, 0.3) is 11.4 Å². The molecular weight excluding hydrogens is 498 g/mol. The van der Waals surface area contributed by atoms with E-state index in [9.17, 15) is 9.90 Å². The number of rotatable bonds is 9. The molecule has 11 heteroatoms. The monoisotopic (exact) mass is 519 g/mol. The van der Waals surface area contributed by atoms with Crippen LogP contribution in [0.5, 0.6) is 17.2 Å². The molecule has 0 unspecified atom stereocenters. The van der Waals surface area contributed by atoms with Crippen molar-refractivity contribution in [3.8, 4) is 28.6 Å². The smallest absolute Gasteiger partial charge is 0.337 e. The van der Waals surface area contributed by atoms with Crippen LogP contribution < -0.4 is 24.6 Å². The minimum Gasteiger partial charge on any atom is -0.872 e. The first-order valence-corrected chi connectivity index (χ1v) is 11.4. The lowest BCUT2D eigenvalue weighted by Crippen LogP contribution is -2.36. The van der Waals surface area contributed by atoms with Crippen LogP contribution in [0.3, 0.4) is 0 Å². The molecule has 0 aliphatic rings. The molecule has 1 heterocycles. The Morgan fingerprint density at radius 2 is 2.06 bits per heavy atom. The second kappa shape index (κ2) is 11.0. The van der Waals surface area contributed by atoms with Gasteiger partial charge in [0.15, 0.2) is 11.5 Å². The number of thioether (sulfide) groups is 1. The van der Waals surface area contributed by atoms with Gasteiger partial charge < -0.3 is 14.6 Å². The van der Waals surface area contributed by atoms with Gasteiger partial charge in [-0.2, -0.15) is 5.10 Å². The number of hydrogen-bond donors (Lipinski definition) is 2. The van der Waals surface area contributed by atoms with Crippen LogP contribution in [0.1, 0.15) is 12.5 Å². The largest absolute Gasteiger partial charge is 0.872 e. The number of nitrogens with one attached hydrogen (secondary N) is 2. The van der Waals surface area contributed by atoms with Crippen molar-refractivity contribution >= 4 is 39.8 Å². The van der Waals surface area contributed by atoms with E-state index in [1.54, 1.807) is 26.4 Å². The van der Waals surface area contributed by atoms with Crippen molar-refractivity contribution in [3.05, 3.63) is 46.4 Å². The third-order valence-electron chi connectivity index (χ3n) is 4.43. The Labute approximate surface area is 198 Å². The average Bonchev–Trinajstić information content (AvgIpc) is 3.22. The first kappa shape index (κ1) is 23.6. The molecule has 1 amide bonds. The lowest BCUT2D eigenvalue weighted by atomic mass is 10.2. The van der Waals surface area contributed by atoms with Crippen LogP contribution in [0.15, 0.2) is 51.1 Å². The molecule has 0 aliphatic heterocycles. The molecule has 0 atom stereocenters. The second-order valence-electron chi connectivity index (χ2n) is 6.43. The van der Waals surface area contributed by atoms with Crippen LogP contribution in [0.4, 0.5) is 0 Å². The number of carbonyl (C=O) groups is 1. The summed E-state index contributed by atoms with van der Waals surface area (Å²) in [5.74, 6) is 1.65. The highest BCUT2D eigenvalue weighted by Gasteiger charge is 2.22. The van der Waals surface area contributed by atoms with E-state index in [0.717, 1.165) is 15.9 Å². The maximum absolute atomic E-state index is 12.2. The number of amides is 1. The van der Waals surface area contributed by atoms with E-state index in [1.807, 2.05) is 29.7 Å². The molecule has 0 radical (unpaired) electrons. The first-order chi connectivity index (χ1) is 15.5. The van der Waals surface area contributed by atoms with Crippen molar-refractivity contribution in [2.45, 2.75) is 18.6 Å². The van der Waals surface area contributed by atoms with Crippen LogP contribution in [-0.2, 0) is 11.3 Å². The van der Waals surface area contributed by atoms with Gasteiger partial charge in [-0.25, -0.2) is 9.99 Å². The van der Waals surface area contributed by atoms with E-state index in [-0.39, 0.29) is 17.4 Å². The molecule has 0 bridgehead atoms. The van der Waals surface area contributed by atoms with Gasteiger partial charge in [0, 0.05) is 4.47 Å². The molecule has 2 N–H and O–H groups in total. The van der Waals surface area contributed by atoms with Crippen molar-refractivity contribution in [2.75, 3.05) is 20.0 Å². The van der Waals surface area contributed by atoms with Crippen molar-refractivity contribution < 1.29 is 23.9 Å². The highest BCUT2D eigenvalue weighted by Crippen LogP contribution is 2.31. The predicted octanol–water partition coefficient (Wildman–Crippen LogP) is 2.48. The van der Waals surface area contributed by atoms with Crippen molar-refractivity contribution in [3.63, 3.8) is 0 Å². The summed E-state index contributed by atoms with van der Waals surface area (Å²) in [6.07, 6.45) is 1.32. The summed E-state index contributed by atoms with van der Waals surface area (Å²) < 4.78 is 13.4. The summed E-state index contributed by atoms with van der Waals surface area (Å²) in [6.45, 7) is 2.64.